The molecule has 8 heteroatoms. The maximum Gasteiger partial charge on any atom is 0.158 e. The molecule has 27 heavy (non-hydrogen) atoms. The van der Waals surface area contributed by atoms with Crippen LogP contribution in [0.2, 0.25) is 5.02 Å². The highest BCUT2D eigenvalue weighted by atomic mass is 35.5. The highest BCUT2D eigenvalue weighted by molar-refractivity contribution is 7.99. The van der Waals surface area contributed by atoms with Crippen LogP contribution in [0.15, 0.2) is 34.3 Å². The van der Waals surface area contributed by atoms with Crippen LogP contribution in [0.5, 0.6) is 0 Å². The molecule has 0 aliphatic carbocycles. The van der Waals surface area contributed by atoms with Crippen LogP contribution >= 0.6 is 23.4 Å². The molecule has 0 bridgehead atoms. The molecule has 0 spiro atoms. The normalized spacial score (nSPS) is 15.5. The zero-order chi connectivity index (χ0) is 20.0. The zero-order valence-electron chi connectivity index (χ0n) is 15.9. The minimum Gasteiger partial charge on any atom is -0.381 e. The minimum atomic E-state index is -0.113. The van der Waals surface area contributed by atoms with Gasteiger partial charge in [-0.15, -0.1) is 0 Å². The van der Waals surface area contributed by atoms with Crippen LogP contribution in [0, 0.1) is 11.3 Å². The molecular formula is C19H25ClN6S. The second-order valence-electron chi connectivity index (χ2n) is 6.42. The third-order valence-electron chi connectivity index (χ3n) is 4.25. The Morgan fingerprint density at radius 2 is 1.96 bits per heavy atom. The average Bonchev–Trinajstić information content (AvgIpc) is 2.66. The van der Waals surface area contributed by atoms with Gasteiger partial charge in [0.25, 0.3) is 0 Å². The first-order valence-corrected chi connectivity index (χ1v) is 10.1. The Hall–Kier alpha value is -2.01. The summed E-state index contributed by atoms with van der Waals surface area (Å²) in [5.74, 6) is 1.13. The molecule has 144 valence electrons. The maximum absolute atomic E-state index is 8.90. The van der Waals surface area contributed by atoms with E-state index >= 15 is 0 Å². The van der Waals surface area contributed by atoms with Crippen molar-refractivity contribution in [2.24, 2.45) is 5.73 Å². The first-order chi connectivity index (χ1) is 12.9. The van der Waals surface area contributed by atoms with Crippen molar-refractivity contribution >= 4 is 35.0 Å². The summed E-state index contributed by atoms with van der Waals surface area (Å²) in [6.45, 7) is 7.76. The predicted molar refractivity (Wildman–Crippen MR) is 112 cm³/mol. The van der Waals surface area contributed by atoms with Crippen molar-refractivity contribution in [2.75, 3.05) is 23.7 Å². The van der Waals surface area contributed by atoms with E-state index in [1.165, 1.54) is 11.8 Å². The Balaban J connectivity index is 0.00000126. The number of halogens is 1. The van der Waals surface area contributed by atoms with Gasteiger partial charge in [0.05, 0.1) is 22.9 Å². The molecule has 0 atom stereocenters. The molecule has 1 aliphatic rings. The van der Waals surface area contributed by atoms with Gasteiger partial charge in [-0.3, -0.25) is 0 Å². The van der Waals surface area contributed by atoms with E-state index in [-0.39, 0.29) is 5.54 Å². The monoisotopic (exact) mass is 404 g/mol. The molecule has 1 saturated heterocycles. The number of rotatable bonds is 3. The summed E-state index contributed by atoms with van der Waals surface area (Å²) >= 11 is 7.55. The molecule has 0 amide bonds. The molecule has 4 N–H and O–H groups in total. The van der Waals surface area contributed by atoms with Crippen LogP contribution in [0.25, 0.3) is 0 Å². The molecule has 2 aromatic rings. The van der Waals surface area contributed by atoms with Gasteiger partial charge >= 0.3 is 0 Å². The molecule has 0 saturated carbocycles. The van der Waals surface area contributed by atoms with Crippen molar-refractivity contribution in [2.45, 2.75) is 49.1 Å². The Labute approximate surface area is 169 Å². The standard InChI is InChI=1S/C17H19ClN6S.C2H6/c1-17(21)4-6-24(7-5-17)14-10-22-16(15(20)23-14)25-13-3-2-11(9-19)8-12(13)18;1-2/h2-3,8,10H,4-7,21H2,1H3,(H2,20,23);1-2H3. The number of aromatic nitrogens is 2. The molecule has 3 rings (SSSR count). The Kier molecular flexibility index (Phi) is 7.31. The van der Waals surface area contributed by atoms with E-state index in [1.807, 2.05) is 13.8 Å². The fourth-order valence-corrected chi connectivity index (χ4v) is 3.67. The summed E-state index contributed by atoms with van der Waals surface area (Å²) in [5, 5.41) is 9.99. The summed E-state index contributed by atoms with van der Waals surface area (Å²) < 4.78 is 0. The first-order valence-electron chi connectivity index (χ1n) is 8.92. The van der Waals surface area contributed by atoms with Gasteiger partial charge in [0.15, 0.2) is 5.82 Å². The molecular weight excluding hydrogens is 380 g/mol. The lowest BCUT2D eigenvalue weighted by Crippen LogP contribution is -2.48. The van der Waals surface area contributed by atoms with Crippen LogP contribution < -0.4 is 16.4 Å². The van der Waals surface area contributed by atoms with Crippen LogP contribution in [0.4, 0.5) is 11.6 Å². The lowest BCUT2D eigenvalue weighted by Gasteiger charge is -2.37. The summed E-state index contributed by atoms with van der Waals surface area (Å²) in [6.07, 6.45) is 3.55. The average molecular weight is 405 g/mol. The fraction of sp³-hybridized carbons (Fsp3) is 0.421. The number of anilines is 2. The largest absolute Gasteiger partial charge is 0.381 e. The number of nitrogen functional groups attached to an aromatic ring is 1. The van der Waals surface area contributed by atoms with Crippen molar-refractivity contribution in [1.29, 1.82) is 5.26 Å². The van der Waals surface area contributed by atoms with E-state index in [1.54, 1.807) is 24.4 Å². The van der Waals surface area contributed by atoms with Crippen LogP contribution in [-0.2, 0) is 0 Å². The maximum atomic E-state index is 8.90. The third kappa shape index (κ3) is 5.48. The third-order valence-corrected chi connectivity index (χ3v) is 5.76. The van der Waals surface area contributed by atoms with E-state index < -0.39 is 0 Å². The van der Waals surface area contributed by atoms with Gasteiger partial charge in [0, 0.05) is 23.5 Å². The van der Waals surface area contributed by atoms with Crippen LogP contribution in [-0.4, -0.2) is 28.6 Å². The van der Waals surface area contributed by atoms with Gasteiger partial charge in [-0.25, -0.2) is 9.97 Å². The highest BCUT2D eigenvalue weighted by Crippen LogP contribution is 2.35. The van der Waals surface area contributed by atoms with Gasteiger partial charge in [-0.1, -0.05) is 37.2 Å². The molecule has 1 aromatic heterocycles. The number of benzene rings is 1. The second-order valence-corrected chi connectivity index (χ2v) is 7.86. The lowest BCUT2D eigenvalue weighted by molar-refractivity contribution is 0.363. The molecule has 2 heterocycles. The van der Waals surface area contributed by atoms with E-state index in [0.29, 0.717) is 21.4 Å². The predicted octanol–water partition coefficient (Wildman–Crippen LogP) is 4.08. The van der Waals surface area contributed by atoms with Crippen LogP contribution in [0.1, 0.15) is 39.2 Å². The summed E-state index contributed by atoms with van der Waals surface area (Å²) in [7, 11) is 0. The molecule has 0 unspecified atom stereocenters. The van der Waals surface area contributed by atoms with E-state index in [4.69, 9.17) is 28.3 Å². The van der Waals surface area contributed by atoms with Gasteiger partial charge in [0.1, 0.15) is 10.8 Å². The number of piperidine rings is 1. The summed E-state index contributed by atoms with van der Waals surface area (Å²) in [6, 6.07) is 7.18. The first kappa shape index (κ1) is 21.3. The quantitative estimate of drug-likeness (QED) is 0.793. The van der Waals surface area contributed by atoms with E-state index in [2.05, 4.69) is 27.9 Å². The number of nitriles is 1. The van der Waals surface area contributed by atoms with Gasteiger partial charge in [-0.2, -0.15) is 5.26 Å². The number of hydrogen-bond acceptors (Lipinski definition) is 7. The Bertz CT molecular complexity index is 823. The molecule has 1 aliphatic heterocycles. The molecule has 0 radical (unpaired) electrons. The summed E-state index contributed by atoms with van der Waals surface area (Å²) in [4.78, 5) is 11.9. The van der Waals surface area contributed by atoms with Gasteiger partial charge in [0.2, 0.25) is 0 Å². The van der Waals surface area contributed by atoms with Crippen molar-refractivity contribution in [3.63, 3.8) is 0 Å². The number of hydrogen-bond donors (Lipinski definition) is 2. The van der Waals surface area contributed by atoms with E-state index in [0.717, 1.165) is 36.6 Å². The molecule has 1 aromatic carbocycles. The number of nitrogens with two attached hydrogens (primary N) is 2. The summed E-state index contributed by atoms with van der Waals surface area (Å²) in [5.41, 5.74) is 12.7. The van der Waals surface area contributed by atoms with Gasteiger partial charge < -0.3 is 16.4 Å². The topological polar surface area (TPSA) is 105 Å². The fourth-order valence-electron chi connectivity index (χ4n) is 2.62. The number of nitrogens with zero attached hydrogens (tertiary/aromatic N) is 4. The van der Waals surface area contributed by atoms with Crippen molar-refractivity contribution in [3.8, 4) is 6.07 Å². The van der Waals surface area contributed by atoms with Crippen molar-refractivity contribution in [1.82, 2.24) is 9.97 Å². The minimum absolute atomic E-state index is 0.113. The highest BCUT2D eigenvalue weighted by Gasteiger charge is 2.26. The lowest BCUT2D eigenvalue weighted by atomic mass is 9.91. The van der Waals surface area contributed by atoms with Crippen molar-refractivity contribution in [3.05, 3.63) is 35.0 Å². The molecule has 1 fully saturated rings. The zero-order valence-corrected chi connectivity index (χ0v) is 17.4. The Morgan fingerprint density at radius 3 is 2.52 bits per heavy atom. The SMILES string of the molecule is CC.CC1(N)CCN(c2cnc(Sc3ccc(C#N)cc3Cl)c(N)n2)CC1. The Morgan fingerprint density at radius 1 is 1.30 bits per heavy atom. The second kappa shape index (κ2) is 9.27. The van der Waals surface area contributed by atoms with Crippen LogP contribution in [0.3, 0.4) is 0 Å². The van der Waals surface area contributed by atoms with E-state index in [9.17, 15) is 0 Å². The molecule has 6 nitrogen and oxygen atoms in total. The smallest absolute Gasteiger partial charge is 0.158 e. The van der Waals surface area contributed by atoms with Crippen molar-refractivity contribution < 1.29 is 0 Å². The van der Waals surface area contributed by atoms with Gasteiger partial charge in [-0.05, 0) is 38.0 Å².